The van der Waals surface area contributed by atoms with Crippen LogP contribution in [0.1, 0.15) is 6.42 Å². The first-order valence-corrected chi connectivity index (χ1v) is 4.68. The number of rotatable bonds is 6. The van der Waals surface area contributed by atoms with Gasteiger partial charge in [-0.15, -0.1) is 6.42 Å². The average Bonchev–Trinajstić information content (AvgIpc) is 2.23. The van der Waals surface area contributed by atoms with E-state index in [-0.39, 0.29) is 25.5 Å². The van der Waals surface area contributed by atoms with Crippen molar-refractivity contribution in [3.05, 3.63) is 0 Å². The standard InChI is InChI=1S/C10H16N2O4/c1-4-5-12(2)10(15)11-7-8(16-3)6-9(13)14/h1,8H,5-7H2,2-3H3,(H,11,15)(H,13,14). The summed E-state index contributed by atoms with van der Waals surface area (Å²) in [6, 6.07) is -0.356. The molecular formula is C10H16N2O4. The highest BCUT2D eigenvalue weighted by Crippen LogP contribution is 1.96. The van der Waals surface area contributed by atoms with Gasteiger partial charge in [-0.2, -0.15) is 0 Å². The fourth-order valence-electron chi connectivity index (χ4n) is 0.978. The zero-order valence-electron chi connectivity index (χ0n) is 9.40. The Morgan fingerprint density at radius 2 is 2.25 bits per heavy atom. The number of carbonyl (C=O) groups is 2. The van der Waals surface area contributed by atoms with E-state index in [4.69, 9.17) is 16.3 Å². The maximum atomic E-state index is 11.4. The molecular weight excluding hydrogens is 212 g/mol. The second-order valence-electron chi connectivity index (χ2n) is 3.20. The molecule has 0 aliphatic heterocycles. The van der Waals surface area contributed by atoms with Gasteiger partial charge in [0.05, 0.1) is 19.1 Å². The van der Waals surface area contributed by atoms with Crippen molar-refractivity contribution >= 4 is 12.0 Å². The maximum absolute atomic E-state index is 11.4. The summed E-state index contributed by atoms with van der Waals surface area (Å²) in [5.41, 5.74) is 0. The Morgan fingerprint density at radius 1 is 1.62 bits per heavy atom. The van der Waals surface area contributed by atoms with Gasteiger partial charge in [-0.3, -0.25) is 4.79 Å². The molecule has 0 heterocycles. The Kier molecular flexibility index (Phi) is 6.72. The number of carbonyl (C=O) groups excluding carboxylic acids is 1. The van der Waals surface area contributed by atoms with Crippen molar-refractivity contribution in [2.24, 2.45) is 0 Å². The van der Waals surface area contributed by atoms with E-state index in [1.54, 1.807) is 7.05 Å². The molecule has 0 fully saturated rings. The average molecular weight is 228 g/mol. The van der Waals surface area contributed by atoms with Crippen molar-refractivity contribution in [1.82, 2.24) is 10.2 Å². The molecule has 0 rings (SSSR count). The summed E-state index contributed by atoms with van der Waals surface area (Å²) >= 11 is 0. The molecule has 2 N–H and O–H groups in total. The van der Waals surface area contributed by atoms with Crippen LogP contribution in [0.15, 0.2) is 0 Å². The van der Waals surface area contributed by atoms with Crippen molar-refractivity contribution in [3.63, 3.8) is 0 Å². The topological polar surface area (TPSA) is 78.9 Å². The number of hydrogen-bond donors (Lipinski definition) is 2. The fraction of sp³-hybridized carbons (Fsp3) is 0.600. The minimum atomic E-state index is -0.974. The van der Waals surface area contributed by atoms with Crippen LogP contribution in [0.25, 0.3) is 0 Å². The first-order chi connectivity index (χ1) is 7.51. The summed E-state index contributed by atoms with van der Waals surface area (Å²) in [4.78, 5) is 23.1. The maximum Gasteiger partial charge on any atom is 0.318 e. The molecule has 0 aromatic heterocycles. The third-order valence-electron chi connectivity index (χ3n) is 1.89. The number of nitrogens with zero attached hydrogens (tertiary/aromatic N) is 1. The molecule has 0 aliphatic rings. The van der Waals surface area contributed by atoms with Crippen LogP contribution in [-0.2, 0) is 9.53 Å². The molecule has 0 saturated carbocycles. The highest BCUT2D eigenvalue weighted by molar-refractivity contribution is 5.74. The van der Waals surface area contributed by atoms with Crippen molar-refractivity contribution < 1.29 is 19.4 Å². The normalized spacial score (nSPS) is 11.3. The van der Waals surface area contributed by atoms with Crippen molar-refractivity contribution in [3.8, 4) is 12.3 Å². The molecule has 6 heteroatoms. The third kappa shape index (κ3) is 5.88. The van der Waals surface area contributed by atoms with E-state index in [1.807, 2.05) is 0 Å². The number of carboxylic acids is 1. The molecule has 2 amide bonds. The molecule has 90 valence electrons. The Morgan fingerprint density at radius 3 is 2.69 bits per heavy atom. The molecule has 0 saturated heterocycles. The minimum Gasteiger partial charge on any atom is -0.481 e. The molecule has 0 aromatic rings. The van der Waals surface area contributed by atoms with Gasteiger partial charge in [0, 0.05) is 20.7 Å². The molecule has 16 heavy (non-hydrogen) atoms. The van der Waals surface area contributed by atoms with Crippen LogP contribution in [0.3, 0.4) is 0 Å². The molecule has 6 nitrogen and oxygen atoms in total. The Bertz CT molecular complexity index is 285. The molecule has 1 unspecified atom stereocenters. The van der Waals surface area contributed by atoms with E-state index in [2.05, 4.69) is 11.2 Å². The predicted molar refractivity (Wildman–Crippen MR) is 57.9 cm³/mol. The van der Waals surface area contributed by atoms with Crippen LogP contribution < -0.4 is 5.32 Å². The number of nitrogens with one attached hydrogen (secondary N) is 1. The lowest BCUT2D eigenvalue weighted by Crippen LogP contribution is -2.41. The van der Waals surface area contributed by atoms with E-state index in [0.717, 1.165) is 0 Å². The monoisotopic (exact) mass is 228 g/mol. The van der Waals surface area contributed by atoms with E-state index < -0.39 is 12.1 Å². The lowest BCUT2D eigenvalue weighted by atomic mass is 10.2. The lowest BCUT2D eigenvalue weighted by molar-refractivity contribution is -0.139. The quantitative estimate of drug-likeness (QED) is 0.614. The number of amides is 2. The van der Waals surface area contributed by atoms with Gasteiger partial charge in [0.25, 0.3) is 0 Å². The van der Waals surface area contributed by atoms with Gasteiger partial charge in [0.1, 0.15) is 0 Å². The van der Waals surface area contributed by atoms with Gasteiger partial charge < -0.3 is 20.1 Å². The second kappa shape index (κ2) is 7.54. The summed E-state index contributed by atoms with van der Waals surface area (Å²) in [5, 5.41) is 11.1. The Hall–Kier alpha value is -1.74. The van der Waals surface area contributed by atoms with Gasteiger partial charge in [0.15, 0.2) is 0 Å². The van der Waals surface area contributed by atoms with E-state index in [1.165, 1.54) is 12.0 Å². The molecule has 0 radical (unpaired) electrons. The highest BCUT2D eigenvalue weighted by Gasteiger charge is 2.14. The van der Waals surface area contributed by atoms with Gasteiger partial charge in [-0.25, -0.2) is 4.79 Å². The minimum absolute atomic E-state index is 0.135. The van der Waals surface area contributed by atoms with Crippen LogP contribution in [0.5, 0.6) is 0 Å². The highest BCUT2D eigenvalue weighted by atomic mass is 16.5. The summed E-state index contributed by atoms with van der Waals surface area (Å²) in [7, 11) is 2.94. The van der Waals surface area contributed by atoms with Crippen LogP contribution in [-0.4, -0.2) is 55.4 Å². The van der Waals surface area contributed by atoms with Gasteiger partial charge in [-0.05, 0) is 0 Å². The number of methoxy groups -OCH3 is 1. The smallest absolute Gasteiger partial charge is 0.318 e. The van der Waals surface area contributed by atoms with Crippen molar-refractivity contribution in [1.29, 1.82) is 0 Å². The third-order valence-corrected chi connectivity index (χ3v) is 1.89. The number of ether oxygens (including phenoxy) is 1. The number of aliphatic carboxylic acids is 1. The summed E-state index contributed by atoms with van der Waals surface area (Å²) < 4.78 is 4.90. The molecule has 0 aliphatic carbocycles. The van der Waals surface area contributed by atoms with Crippen molar-refractivity contribution in [2.75, 3.05) is 27.2 Å². The largest absolute Gasteiger partial charge is 0.481 e. The second-order valence-corrected chi connectivity index (χ2v) is 3.20. The SMILES string of the molecule is C#CCN(C)C(=O)NCC(CC(=O)O)OC. The molecule has 1 atom stereocenters. The Balaban J connectivity index is 3.97. The predicted octanol–water partition coefficient (Wildman–Crippen LogP) is -0.249. The first kappa shape index (κ1) is 14.3. The van der Waals surface area contributed by atoms with Crippen LogP contribution in [0.4, 0.5) is 4.79 Å². The zero-order chi connectivity index (χ0) is 12.6. The Labute approximate surface area is 94.6 Å². The molecule has 0 spiro atoms. The van der Waals surface area contributed by atoms with E-state index >= 15 is 0 Å². The summed E-state index contributed by atoms with van der Waals surface area (Å²) in [6.07, 6.45) is 4.34. The molecule has 0 bridgehead atoms. The van der Waals surface area contributed by atoms with Gasteiger partial charge in [0.2, 0.25) is 0 Å². The number of urea groups is 1. The molecule has 0 aromatic carbocycles. The van der Waals surface area contributed by atoms with Crippen LogP contribution in [0.2, 0.25) is 0 Å². The first-order valence-electron chi connectivity index (χ1n) is 4.68. The summed E-state index contributed by atoms with van der Waals surface area (Å²) in [5.74, 6) is 1.35. The van der Waals surface area contributed by atoms with E-state index in [9.17, 15) is 9.59 Å². The fourth-order valence-corrected chi connectivity index (χ4v) is 0.978. The zero-order valence-corrected chi connectivity index (χ0v) is 9.40. The number of hydrogen-bond acceptors (Lipinski definition) is 3. The summed E-state index contributed by atoms with van der Waals surface area (Å²) in [6.45, 7) is 0.332. The van der Waals surface area contributed by atoms with Crippen LogP contribution in [0, 0.1) is 12.3 Å². The number of carboxylic acid groups (broad SMARTS) is 1. The van der Waals surface area contributed by atoms with Gasteiger partial charge in [-0.1, -0.05) is 5.92 Å². The van der Waals surface area contributed by atoms with Gasteiger partial charge >= 0.3 is 12.0 Å². The van der Waals surface area contributed by atoms with E-state index in [0.29, 0.717) is 0 Å². The lowest BCUT2D eigenvalue weighted by Gasteiger charge is -2.18. The number of terminal acetylenes is 1. The van der Waals surface area contributed by atoms with Crippen molar-refractivity contribution in [2.45, 2.75) is 12.5 Å². The van der Waals surface area contributed by atoms with Crippen LogP contribution >= 0.6 is 0 Å².